The fourth-order valence-electron chi connectivity index (χ4n) is 5.71. The number of benzene rings is 1. The molecule has 3 aliphatic rings. The van der Waals surface area contributed by atoms with Crippen LogP contribution in [-0.2, 0) is 0 Å². The SMILES string of the molecule is OCC1CCC2(CC1)CC1=CN(c3ccc(F)cc3)C(c3ccc4ncnn4c3)N1C2. The summed E-state index contributed by atoms with van der Waals surface area (Å²) in [6.45, 7) is 1.32. The Hall–Kier alpha value is -2.93. The minimum absolute atomic E-state index is 0.00371. The van der Waals surface area contributed by atoms with Crippen LogP contribution in [0.3, 0.4) is 0 Å². The molecule has 3 aromatic rings. The molecule has 1 aliphatic carbocycles. The first kappa shape index (κ1) is 18.8. The lowest BCUT2D eigenvalue weighted by molar-refractivity contribution is 0.105. The van der Waals surface area contributed by atoms with Gasteiger partial charge in [-0.05, 0) is 79.8 Å². The molecule has 1 atom stereocenters. The van der Waals surface area contributed by atoms with Gasteiger partial charge in [0.05, 0.1) is 0 Å². The average molecular weight is 420 g/mol. The van der Waals surface area contributed by atoms with E-state index in [1.165, 1.54) is 17.8 Å². The van der Waals surface area contributed by atoms with Crippen LogP contribution in [0.2, 0.25) is 0 Å². The quantitative estimate of drug-likeness (QED) is 0.693. The molecule has 1 unspecified atom stereocenters. The number of aromatic nitrogens is 3. The first-order chi connectivity index (χ1) is 15.1. The van der Waals surface area contributed by atoms with E-state index in [1.54, 1.807) is 6.33 Å². The van der Waals surface area contributed by atoms with Crippen molar-refractivity contribution in [3.63, 3.8) is 0 Å². The van der Waals surface area contributed by atoms with E-state index in [2.05, 4.69) is 32.1 Å². The second-order valence-corrected chi connectivity index (χ2v) is 9.33. The predicted molar refractivity (Wildman–Crippen MR) is 115 cm³/mol. The number of pyridine rings is 1. The van der Waals surface area contributed by atoms with Gasteiger partial charge in [-0.25, -0.2) is 13.9 Å². The highest BCUT2D eigenvalue weighted by atomic mass is 19.1. The summed E-state index contributed by atoms with van der Waals surface area (Å²) < 4.78 is 15.4. The lowest BCUT2D eigenvalue weighted by Crippen LogP contribution is -2.37. The van der Waals surface area contributed by atoms with E-state index in [1.807, 2.05) is 28.9 Å². The van der Waals surface area contributed by atoms with Crippen molar-refractivity contribution in [1.29, 1.82) is 0 Å². The summed E-state index contributed by atoms with van der Waals surface area (Å²) in [7, 11) is 0. The van der Waals surface area contributed by atoms with Gasteiger partial charge in [0.25, 0.3) is 0 Å². The van der Waals surface area contributed by atoms with Crippen molar-refractivity contribution in [3.05, 3.63) is 72.2 Å². The molecule has 1 saturated carbocycles. The van der Waals surface area contributed by atoms with Crippen molar-refractivity contribution in [2.45, 2.75) is 38.3 Å². The van der Waals surface area contributed by atoms with Gasteiger partial charge in [-0.1, -0.05) is 0 Å². The van der Waals surface area contributed by atoms with Crippen molar-refractivity contribution in [2.75, 3.05) is 18.1 Å². The molecule has 7 heteroatoms. The second kappa shape index (κ2) is 7.05. The zero-order valence-corrected chi connectivity index (χ0v) is 17.4. The zero-order chi connectivity index (χ0) is 21.0. The summed E-state index contributed by atoms with van der Waals surface area (Å²) in [4.78, 5) is 9.04. The summed E-state index contributed by atoms with van der Waals surface area (Å²) in [5.41, 5.74) is 4.57. The molecule has 2 aromatic heterocycles. The Kier molecular flexibility index (Phi) is 4.28. The van der Waals surface area contributed by atoms with E-state index < -0.39 is 0 Å². The van der Waals surface area contributed by atoms with Crippen LogP contribution in [0, 0.1) is 17.2 Å². The van der Waals surface area contributed by atoms with E-state index in [0.29, 0.717) is 17.9 Å². The number of aliphatic hydroxyl groups is 1. The highest BCUT2D eigenvalue weighted by molar-refractivity contribution is 5.55. The van der Waals surface area contributed by atoms with Crippen molar-refractivity contribution in [1.82, 2.24) is 19.5 Å². The van der Waals surface area contributed by atoms with Crippen LogP contribution < -0.4 is 4.90 Å². The standard InChI is InChI=1S/C24H26FN5O/c25-19-2-4-20(5-3-19)28-13-21-11-24(9-7-17(14-31)8-10-24)15-29(21)23(28)18-1-6-22-26-16-27-30(22)12-18/h1-6,12-13,16-17,23,31H,7-11,14-15H2. The number of anilines is 1. The van der Waals surface area contributed by atoms with E-state index in [-0.39, 0.29) is 12.0 Å². The maximum atomic E-state index is 13.6. The smallest absolute Gasteiger partial charge is 0.155 e. The Morgan fingerprint density at radius 1 is 1.10 bits per heavy atom. The average Bonchev–Trinajstić information content (AvgIpc) is 3.47. The molecule has 1 spiro atoms. The largest absolute Gasteiger partial charge is 0.396 e. The lowest BCUT2D eigenvalue weighted by atomic mass is 9.70. The molecule has 0 bridgehead atoms. The molecule has 31 heavy (non-hydrogen) atoms. The van der Waals surface area contributed by atoms with Crippen LogP contribution in [0.15, 0.2) is 60.8 Å². The van der Waals surface area contributed by atoms with E-state index in [0.717, 1.165) is 55.5 Å². The summed E-state index contributed by atoms with van der Waals surface area (Å²) in [6.07, 6.45) is 11.5. The Morgan fingerprint density at radius 2 is 1.90 bits per heavy atom. The van der Waals surface area contributed by atoms with Gasteiger partial charge < -0.3 is 14.9 Å². The minimum atomic E-state index is -0.226. The molecule has 2 aliphatic heterocycles. The van der Waals surface area contributed by atoms with Gasteiger partial charge in [-0.15, -0.1) is 0 Å². The maximum Gasteiger partial charge on any atom is 0.155 e. The number of aliphatic hydroxyl groups excluding tert-OH is 1. The molecule has 1 saturated heterocycles. The summed E-state index contributed by atoms with van der Waals surface area (Å²) in [5, 5.41) is 13.9. The summed E-state index contributed by atoms with van der Waals surface area (Å²) in [5.74, 6) is 0.229. The zero-order valence-electron chi connectivity index (χ0n) is 17.4. The van der Waals surface area contributed by atoms with E-state index >= 15 is 0 Å². The fraction of sp³-hybridized carbons (Fsp3) is 0.417. The third kappa shape index (κ3) is 3.10. The first-order valence-corrected chi connectivity index (χ1v) is 11.1. The lowest BCUT2D eigenvalue weighted by Gasteiger charge is -2.39. The van der Waals surface area contributed by atoms with Crippen LogP contribution in [0.4, 0.5) is 10.1 Å². The highest BCUT2D eigenvalue weighted by Crippen LogP contribution is 2.54. The number of nitrogens with zero attached hydrogens (tertiary/aromatic N) is 5. The Bertz CT molecular complexity index is 1130. The number of allylic oxidation sites excluding steroid dienone is 1. The van der Waals surface area contributed by atoms with Gasteiger partial charge in [-0.3, -0.25) is 0 Å². The Balaban J connectivity index is 1.38. The number of hydrogen-bond donors (Lipinski definition) is 1. The van der Waals surface area contributed by atoms with Gasteiger partial charge in [0.2, 0.25) is 0 Å². The Morgan fingerprint density at radius 3 is 2.68 bits per heavy atom. The van der Waals surface area contributed by atoms with Gasteiger partial charge in [0, 0.05) is 42.5 Å². The van der Waals surface area contributed by atoms with Gasteiger partial charge in [-0.2, -0.15) is 5.10 Å². The maximum absolute atomic E-state index is 13.6. The van der Waals surface area contributed by atoms with Crippen LogP contribution in [0.25, 0.3) is 5.65 Å². The van der Waals surface area contributed by atoms with Gasteiger partial charge >= 0.3 is 0 Å². The monoisotopic (exact) mass is 419 g/mol. The van der Waals surface area contributed by atoms with Crippen molar-refractivity contribution < 1.29 is 9.50 Å². The molecule has 0 amide bonds. The number of rotatable bonds is 3. The van der Waals surface area contributed by atoms with Crippen molar-refractivity contribution >= 4 is 11.3 Å². The van der Waals surface area contributed by atoms with Crippen LogP contribution in [-0.4, -0.2) is 37.8 Å². The highest BCUT2D eigenvalue weighted by Gasteiger charge is 2.49. The van der Waals surface area contributed by atoms with Gasteiger partial charge in [0.1, 0.15) is 18.3 Å². The molecule has 1 aromatic carbocycles. The third-order valence-electron chi connectivity index (χ3n) is 7.42. The van der Waals surface area contributed by atoms with E-state index in [4.69, 9.17) is 0 Å². The summed E-state index contributed by atoms with van der Waals surface area (Å²) >= 11 is 0. The second-order valence-electron chi connectivity index (χ2n) is 9.33. The topological polar surface area (TPSA) is 56.9 Å². The van der Waals surface area contributed by atoms with Gasteiger partial charge in [0.15, 0.2) is 5.65 Å². The minimum Gasteiger partial charge on any atom is -0.396 e. The molecule has 6 nitrogen and oxygen atoms in total. The normalized spacial score (nSPS) is 27.9. The third-order valence-corrected chi connectivity index (χ3v) is 7.42. The molecule has 0 radical (unpaired) electrons. The first-order valence-electron chi connectivity index (χ1n) is 11.1. The van der Waals surface area contributed by atoms with Crippen LogP contribution in [0.5, 0.6) is 0 Å². The fourth-order valence-corrected chi connectivity index (χ4v) is 5.71. The van der Waals surface area contributed by atoms with Crippen LogP contribution in [0.1, 0.15) is 43.8 Å². The van der Waals surface area contributed by atoms with Crippen molar-refractivity contribution in [2.24, 2.45) is 11.3 Å². The molecule has 6 rings (SSSR count). The molecule has 2 fully saturated rings. The number of halogens is 1. The number of fused-ring (bicyclic) bond motifs is 2. The van der Waals surface area contributed by atoms with Crippen LogP contribution >= 0.6 is 0 Å². The molecular weight excluding hydrogens is 393 g/mol. The molecule has 4 heterocycles. The van der Waals surface area contributed by atoms with Crippen molar-refractivity contribution in [3.8, 4) is 0 Å². The molecule has 160 valence electrons. The molecular formula is C24H26FN5O. The number of hydrogen-bond acceptors (Lipinski definition) is 5. The molecule has 1 N–H and O–H groups in total. The predicted octanol–water partition coefficient (Wildman–Crippen LogP) is 4.10. The Labute approximate surface area is 180 Å². The summed E-state index contributed by atoms with van der Waals surface area (Å²) in [6, 6.07) is 10.9. The van der Waals surface area contributed by atoms with E-state index in [9.17, 15) is 9.50 Å².